The van der Waals surface area contributed by atoms with Crippen LogP contribution in [0.25, 0.3) is 10.8 Å². The first kappa shape index (κ1) is 96.8. The summed E-state index contributed by atoms with van der Waals surface area (Å²) in [5.41, 5.74) is 0.140. The molecule has 5 aliphatic heterocycles. The molecule has 0 aromatic heterocycles. The maximum absolute atomic E-state index is 16.0. The Hall–Kier alpha value is -11.2. The molecule has 7 aromatic rings. The van der Waals surface area contributed by atoms with Gasteiger partial charge in [-0.3, -0.25) is 62.5 Å². The van der Waals surface area contributed by atoms with Gasteiger partial charge in [0.15, 0.2) is 37.0 Å². The highest BCUT2D eigenvalue weighted by atomic mass is 32.2. The van der Waals surface area contributed by atoms with Gasteiger partial charge in [0.25, 0.3) is 17.6 Å². The van der Waals surface area contributed by atoms with Gasteiger partial charge in [0.2, 0.25) is 11.8 Å². The third kappa shape index (κ3) is 24.1. The predicted octanol–water partition coefficient (Wildman–Crippen LogP) is 10.2. The fourth-order valence-electron chi connectivity index (χ4n) is 16.4. The second-order valence-electron chi connectivity index (χ2n) is 32.6. The molecule has 12 rings (SSSR count). The van der Waals surface area contributed by atoms with Crippen molar-refractivity contribution in [1.29, 1.82) is 0 Å². The Labute approximate surface area is 749 Å². The molecule has 5 aliphatic rings. The first-order valence-electron chi connectivity index (χ1n) is 42.1. The molecule has 1 unspecified atom stereocenters. The number of fused-ring (bicyclic) bond motifs is 2. The summed E-state index contributed by atoms with van der Waals surface area (Å²) in [6.45, 7) is 11.1. The number of carbonyl (C=O) groups excluding carboxylic acids is 12. The highest BCUT2D eigenvalue weighted by molar-refractivity contribution is 7.99. The van der Waals surface area contributed by atoms with E-state index in [9.17, 15) is 43.2 Å². The van der Waals surface area contributed by atoms with E-state index in [4.69, 9.17) is 90.0 Å². The number of hydrogen-bond donors (Lipinski definition) is 0. The molecule has 688 valence electrons. The molecular formula is C95H106N2O31S. The average molecular weight is 1800 g/mol. The first-order chi connectivity index (χ1) is 61.7. The van der Waals surface area contributed by atoms with Gasteiger partial charge in [0.05, 0.1) is 69.2 Å². The minimum absolute atomic E-state index is 0.0217. The molecular weight excluding hydrogens is 1700 g/mol. The summed E-state index contributed by atoms with van der Waals surface area (Å²) < 4.78 is 127. The fraction of sp³-hybridized carbons (Fsp3) is 0.453. The van der Waals surface area contributed by atoms with Gasteiger partial charge < -0.3 is 90.0 Å². The Morgan fingerprint density at radius 3 is 1.57 bits per heavy atom. The van der Waals surface area contributed by atoms with E-state index in [0.29, 0.717) is 20.9 Å². The first-order valence-corrected chi connectivity index (χ1v) is 43.0. The molecule has 0 saturated carbocycles. The normalized spacial score (nSPS) is 26.6. The van der Waals surface area contributed by atoms with Crippen LogP contribution in [-0.4, -0.2) is 236 Å². The lowest BCUT2D eigenvalue weighted by Gasteiger charge is -2.54. The smallest absolute Gasteiger partial charge is 0.366 e. The zero-order valence-electron chi connectivity index (χ0n) is 73.6. The summed E-state index contributed by atoms with van der Waals surface area (Å²) in [6.07, 6.45) is -33.0. The lowest BCUT2D eigenvalue weighted by molar-refractivity contribution is -0.389. The second kappa shape index (κ2) is 43.9. The third-order valence-electron chi connectivity index (χ3n) is 21.9. The van der Waals surface area contributed by atoms with E-state index in [2.05, 4.69) is 0 Å². The van der Waals surface area contributed by atoms with Crippen LogP contribution in [0, 0.1) is 5.41 Å². The van der Waals surface area contributed by atoms with Crippen LogP contribution in [-0.2, 0) is 164 Å². The lowest BCUT2D eigenvalue weighted by Crippen LogP contribution is -2.73. The van der Waals surface area contributed by atoms with E-state index in [-0.39, 0.29) is 37.6 Å². The number of rotatable bonds is 35. The lowest BCUT2D eigenvalue weighted by atomic mass is 9.86. The van der Waals surface area contributed by atoms with E-state index in [1.165, 1.54) is 32.9 Å². The van der Waals surface area contributed by atoms with Crippen molar-refractivity contribution in [1.82, 2.24) is 9.80 Å². The summed E-state index contributed by atoms with van der Waals surface area (Å²) >= 11 is 1.09. The molecule has 21 atom stereocenters. The van der Waals surface area contributed by atoms with E-state index in [1.54, 1.807) is 49.4 Å². The standard InChI is InChI=1S/C95H106N2O31S/c1-53-77(113-46-62-31-18-14-19-32-62)83(114-47-63-33-20-15-21-34-63)85(115-48-64-35-22-16-23-36-64)89(117-53)126-81-76(97-87(106)69-43-28-29-44-70(69)88(97)107)91(129-67-40-24-17-25-41-67)124-72(50-111-49-66-39-30-38-65-37-26-27-42-68(65)66)78(81)125-90-86(122-61(9)105)84(80(121-60(8)104)74(123-90)52-116-92(108)94(10,11)12)128-95(93(109)110-13)45-71(118-57(5)101)75(96(54(2)98)55(3)99)82(127-95)79(120-59(7)103)73(119-58(6)102)51-112-56(4)100/h14-44,53,71-86,89-91H,45-52H2,1-13H3/t53-,71-,72+,73+,74+,75+,76+,77+,78+,79+,80-,81+,82+,83+,84-,85-,86+,89-,90-,91-,95?/m0/s1. The van der Waals surface area contributed by atoms with Crippen molar-refractivity contribution in [2.75, 3.05) is 26.9 Å². The molecule has 4 fully saturated rings. The zero-order valence-corrected chi connectivity index (χ0v) is 74.4. The van der Waals surface area contributed by atoms with Crippen LogP contribution in [0.2, 0.25) is 0 Å². The van der Waals surface area contributed by atoms with E-state index in [1.807, 2.05) is 133 Å². The maximum Gasteiger partial charge on any atom is 0.366 e. The van der Waals surface area contributed by atoms with Crippen LogP contribution in [0.15, 0.2) is 193 Å². The topological polar surface area (TPSA) is 387 Å². The molecule has 4 saturated heterocycles. The molecule has 33 nitrogen and oxygen atoms in total. The van der Waals surface area contributed by atoms with Crippen molar-refractivity contribution in [2.45, 2.75) is 248 Å². The number of imide groups is 2. The summed E-state index contributed by atoms with van der Waals surface area (Å²) in [5, 5.41) is 1.67. The van der Waals surface area contributed by atoms with Crippen LogP contribution < -0.4 is 0 Å². The number of benzene rings is 7. The Kier molecular flexibility index (Phi) is 33.0. The van der Waals surface area contributed by atoms with E-state index in [0.717, 1.165) is 101 Å². The number of nitrogens with zero attached hydrogens (tertiary/aromatic N) is 2. The van der Waals surface area contributed by atoms with Crippen molar-refractivity contribution in [2.24, 2.45) is 5.41 Å². The van der Waals surface area contributed by atoms with Gasteiger partial charge in [-0.15, -0.1) is 0 Å². The maximum atomic E-state index is 16.0. The van der Waals surface area contributed by atoms with Crippen LogP contribution in [0.4, 0.5) is 0 Å². The average Bonchev–Trinajstić information content (AvgIpc) is 1.70. The van der Waals surface area contributed by atoms with Crippen molar-refractivity contribution < 1.29 is 148 Å². The Balaban J connectivity index is 1.11. The quantitative estimate of drug-likeness (QED) is 0.0202. The molecule has 0 bridgehead atoms. The molecule has 7 aromatic carbocycles. The largest absolute Gasteiger partial charge is 0.465 e. The van der Waals surface area contributed by atoms with Gasteiger partial charge in [0.1, 0.15) is 91.8 Å². The monoisotopic (exact) mass is 1800 g/mol. The molecule has 0 N–H and O–H groups in total. The SMILES string of the molecule is COC(=O)C1(O[C@H]2[C@@H](OC(C)=O)[C@@H](COC(=O)C(C)(C)C)O[C@@H](O[C@H]3[C@H](O[C@@H]4O[C@@H](C)[C@@H](OCc5ccccc5)[C@@H](OCc5ccccc5)[C@@H]4OCc4ccccc4)[C@@H](N4C(=O)c5ccccc5C4=O)[C@H](Sc4ccccc4)O[C@@H]3COCc3cccc4ccccc34)[C@@H]2OC(C)=O)C[C@H](OC(C)=O)[C@@H](N(C(C)=O)C(C)=O)[C@H]([C@H](OC(C)=O)[C@@H](COC(C)=O)OC(C)=O)O1. The molecule has 0 radical (unpaired) electrons. The van der Waals surface area contributed by atoms with Crippen molar-refractivity contribution in [3.63, 3.8) is 0 Å². The van der Waals surface area contributed by atoms with Crippen molar-refractivity contribution >= 4 is 93.9 Å². The number of ether oxygens (including phenoxy) is 19. The number of hydrogen-bond acceptors (Lipinski definition) is 32. The number of esters is 8. The van der Waals surface area contributed by atoms with Gasteiger partial charge in [0, 0.05) is 60.3 Å². The summed E-state index contributed by atoms with van der Waals surface area (Å²) in [5.74, 6) is -16.5. The Morgan fingerprint density at radius 1 is 0.504 bits per heavy atom. The Bertz CT molecular complexity index is 5050. The summed E-state index contributed by atoms with van der Waals surface area (Å²) in [7, 11) is 0.850. The number of carbonyl (C=O) groups is 12. The Morgan fingerprint density at radius 2 is 1.02 bits per heavy atom. The molecule has 129 heavy (non-hydrogen) atoms. The van der Waals surface area contributed by atoms with Crippen LogP contribution in [0.1, 0.15) is 132 Å². The molecule has 34 heteroatoms. The van der Waals surface area contributed by atoms with Crippen molar-refractivity contribution in [3.8, 4) is 0 Å². The fourth-order valence-corrected chi connectivity index (χ4v) is 17.6. The van der Waals surface area contributed by atoms with E-state index >= 15 is 14.4 Å². The molecule has 4 amide bonds. The second-order valence-corrected chi connectivity index (χ2v) is 33.7. The number of thioether (sulfide) groups is 1. The highest BCUT2D eigenvalue weighted by Gasteiger charge is 2.67. The summed E-state index contributed by atoms with van der Waals surface area (Å²) in [4.78, 5) is 176. The minimum Gasteiger partial charge on any atom is -0.465 e. The van der Waals surface area contributed by atoms with Gasteiger partial charge >= 0.3 is 47.8 Å². The summed E-state index contributed by atoms with van der Waals surface area (Å²) in [6, 6.07) is 52.3. The minimum atomic E-state index is -3.37. The van der Waals surface area contributed by atoms with Crippen LogP contribution in [0.5, 0.6) is 0 Å². The van der Waals surface area contributed by atoms with Crippen molar-refractivity contribution in [3.05, 3.63) is 221 Å². The van der Waals surface area contributed by atoms with Gasteiger partial charge in [-0.2, -0.15) is 0 Å². The molecule has 0 aliphatic carbocycles. The van der Waals surface area contributed by atoms with Crippen LogP contribution in [0.3, 0.4) is 0 Å². The zero-order chi connectivity index (χ0) is 92.5. The highest BCUT2D eigenvalue weighted by Crippen LogP contribution is 2.48. The third-order valence-corrected chi connectivity index (χ3v) is 23.1. The number of methoxy groups -OCH3 is 1. The van der Waals surface area contributed by atoms with E-state index < -0.39 is 230 Å². The van der Waals surface area contributed by atoms with Gasteiger partial charge in [-0.1, -0.05) is 176 Å². The number of amides is 4. The van der Waals surface area contributed by atoms with Crippen LogP contribution >= 0.6 is 11.8 Å². The van der Waals surface area contributed by atoms with Gasteiger partial charge in [-0.25, -0.2) is 4.79 Å². The van der Waals surface area contributed by atoms with Gasteiger partial charge in [-0.05, 0) is 85.0 Å². The molecule has 0 spiro atoms. The predicted molar refractivity (Wildman–Crippen MR) is 454 cm³/mol. The molecule has 5 heterocycles.